The fourth-order valence-electron chi connectivity index (χ4n) is 1.86. The molecule has 0 aromatic carbocycles. The zero-order valence-electron chi connectivity index (χ0n) is 11.0. The standard InChI is InChI=1S/C12H21N5O/c1-9(13)8-14-11-7-12(16-10(2)15-11)17-3-5-18-6-4-17/h7,9H,3-6,8,13H2,1-2H3,(H,14,15,16). The Morgan fingerprint density at radius 1 is 1.44 bits per heavy atom. The van der Waals surface area contributed by atoms with Gasteiger partial charge >= 0.3 is 0 Å². The summed E-state index contributed by atoms with van der Waals surface area (Å²) in [4.78, 5) is 11.1. The van der Waals surface area contributed by atoms with E-state index < -0.39 is 0 Å². The van der Waals surface area contributed by atoms with Gasteiger partial charge in [0.25, 0.3) is 0 Å². The molecule has 1 unspecified atom stereocenters. The van der Waals surface area contributed by atoms with E-state index in [1.807, 2.05) is 19.9 Å². The van der Waals surface area contributed by atoms with E-state index in [0.717, 1.165) is 43.8 Å². The molecule has 6 heteroatoms. The number of aromatic nitrogens is 2. The van der Waals surface area contributed by atoms with Crippen LogP contribution in [0.1, 0.15) is 12.7 Å². The van der Waals surface area contributed by atoms with E-state index in [9.17, 15) is 0 Å². The van der Waals surface area contributed by atoms with E-state index in [0.29, 0.717) is 6.54 Å². The van der Waals surface area contributed by atoms with Crippen LogP contribution < -0.4 is 16.0 Å². The predicted octanol–water partition coefficient (Wildman–Crippen LogP) is 0.381. The van der Waals surface area contributed by atoms with Crippen molar-refractivity contribution in [1.29, 1.82) is 0 Å². The van der Waals surface area contributed by atoms with Crippen LogP contribution in [0.5, 0.6) is 0 Å². The summed E-state index contributed by atoms with van der Waals surface area (Å²) >= 11 is 0. The van der Waals surface area contributed by atoms with Crippen LogP contribution >= 0.6 is 0 Å². The molecule has 1 fully saturated rings. The van der Waals surface area contributed by atoms with Crippen molar-refractivity contribution in [3.8, 4) is 0 Å². The average molecular weight is 251 g/mol. The molecule has 2 heterocycles. The highest BCUT2D eigenvalue weighted by atomic mass is 16.5. The van der Waals surface area contributed by atoms with Gasteiger partial charge in [0.2, 0.25) is 0 Å². The smallest absolute Gasteiger partial charge is 0.134 e. The molecule has 2 rings (SSSR count). The van der Waals surface area contributed by atoms with Gasteiger partial charge in [-0.05, 0) is 13.8 Å². The number of hydrogen-bond acceptors (Lipinski definition) is 6. The number of anilines is 2. The minimum absolute atomic E-state index is 0.104. The molecule has 0 aliphatic carbocycles. The zero-order valence-corrected chi connectivity index (χ0v) is 11.0. The number of hydrogen-bond donors (Lipinski definition) is 2. The number of nitrogens with one attached hydrogen (secondary N) is 1. The first-order valence-corrected chi connectivity index (χ1v) is 6.33. The Morgan fingerprint density at radius 2 is 2.17 bits per heavy atom. The van der Waals surface area contributed by atoms with E-state index in [4.69, 9.17) is 10.5 Å². The van der Waals surface area contributed by atoms with Crippen molar-refractivity contribution in [2.75, 3.05) is 43.1 Å². The summed E-state index contributed by atoms with van der Waals surface area (Å²) in [6.45, 7) is 7.84. The maximum Gasteiger partial charge on any atom is 0.134 e. The molecule has 1 aliphatic rings. The zero-order chi connectivity index (χ0) is 13.0. The van der Waals surface area contributed by atoms with Crippen molar-refractivity contribution < 1.29 is 4.74 Å². The molecule has 3 N–H and O–H groups in total. The molecular formula is C12H21N5O. The second-order valence-corrected chi connectivity index (χ2v) is 4.62. The predicted molar refractivity (Wildman–Crippen MR) is 71.9 cm³/mol. The molecule has 1 saturated heterocycles. The average Bonchev–Trinajstić information content (AvgIpc) is 2.37. The van der Waals surface area contributed by atoms with Crippen molar-refractivity contribution in [2.45, 2.75) is 19.9 Å². The quantitative estimate of drug-likeness (QED) is 0.805. The van der Waals surface area contributed by atoms with Crippen molar-refractivity contribution >= 4 is 11.6 Å². The maximum absolute atomic E-state index is 5.73. The SMILES string of the molecule is Cc1nc(NCC(C)N)cc(N2CCOCC2)n1. The summed E-state index contributed by atoms with van der Waals surface area (Å²) in [6, 6.07) is 2.08. The van der Waals surface area contributed by atoms with Gasteiger partial charge in [0.05, 0.1) is 13.2 Å². The lowest BCUT2D eigenvalue weighted by Crippen LogP contribution is -2.37. The Morgan fingerprint density at radius 3 is 2.83 bits per heavy atom. The summed E-state index contributed by atoms with van der Waals surface area (Å²) in [6.07, 6.45) is 0. The van der Waals surface area contributed by atoms with Gasteiger partial charge < -0.3 is 20.7 Å². The van der Waals surface area contributed by atoms with Crippen LogP contribution in [0.2, 0.25) is 0 Å². The summed E-state index contributed by atoms with van der Waals surface area (Å²) in [5, 5.41) is 3.23. The Hall–Kier alpha value is -1.40. The van der Waals surface area contributed by atoms with Crippen molar-refractivity contribution in [3.63, 3.8) is 0 Å². The highest BCUT2D eigenvalue weighted by molar-refractivity contribution is 5.49. The normalized spacial score (nSPS) is 17.6. The van der Waals surface area contributed by atoms with Gasteiger partial charge in [-0.15, -0.1) is 0 Å². The molecule has 1 aromatic heterocycles. The Labute approximate surface area is 108 Å². The fourth-order valence-corrected chi connectivity index (χ4v) is 1.86. The molecule has 6 nitrogen and oxygen atoms in total. The van der Waals surface area contributed by atoms with E-state index in [2.05, 4.69) is 20.2 Å². The van der Waals surface area contributed by atoms with Crippen LogP contribution in [-0.4, -0.2) is 48.9 Å². The maximum atomic E-state index is 5.73. The fraction of sp³-hybridized carbons (Fsp3) is 0.667. The Kier molecular flexibility index (Phi) is 4.33. The highest BCUT2D eigenvalue weighted by Gasteiger charge is 2.14. The molecule has 1 aliphatic heterocycles. The number of morpholine rings is 1. The highest BCUT2D eigenvalue weighted by Crippen LogP contribution is 2.16. The van der Waals surface area contributed by atoms with Gasteiger partial charge in [0.1, 0.15) is 17.5 Å². The van der Waals surface area contributed by atoms with Gasteiger partial charge in [-0.2, -0.15) is 0 Å². The van der Waals surface area contributed by atoms with Crippen LogP contribution in [0, 0.1) is 6.92 Å². The van der Waals surface area contributed by atoms with Crippen molar-refractivity contribution in [2.24, 2.45) is 5.73 Å². The molecule has 1 aromatic rings. The topological polar surface area (TPSA) is 76.3 Å². The van der Waals surface area contributed by atoms with E-state index in [1.54, 1.807) is 0 Å². The number of nitrogens with two attached hydrogens (primary N) is 1. The Balaban J connectivity index is 2.09. The number of rotatable bonds is 4. The monoisotopic (exact) mass is 251 g/mol. The second-order valence-electron chi connectivity index (χ2n) is 4.62. The largest absolute Gasteiger partial charge is 0.378 e. The number of nitrogens with zero attached hydrogens (tertiary/aromatic N) is 3. The molecular weight excluding hydrogens is 230 g/mol. The molecule has 18 heavy (non-hydrogen) atoms. The summed E-state index contributed by atoms with van der Waals surface area (Å²) in [5.41, 5.74) is 5.73. The summed E-state index contributed by atoms with van der Waals surface area (Å²) in [7, 11) is 0. The summed E-state index contributed by atoms with van der Waals surface area (Å²) in [5.74, 6) is 2.56. The van der Waals surface area contributed by atoms with E-state index in [-0.39, 0.29) is 6.04 Å². The van der Waals surface area contributed by atoms with Gasteiger partial charge in [0.15, 0.2) is 0 Å². The lowest BCUT2D eigenvalue weighted by molar-refractivity contribution is 0.122. The lowest BCUT2D eigenvalue weighted by Gasteiger charge is -2.28. The molecule has 0 saturated carbocycles. The van der Waals surface area contributed by atoms with Gasteiger partial charge in [-0.1, -0.05) is 0 Å². The number of aryl methyl sites for hydroxylation is 1. The first-order chi connectivity index (χ1) is 8.65. The minimum Gasteiger partial charge on any atom is -0.378 e. The first kappa shape index (κ1) is 13.0. The van der Waals surface area contributed by atoms with E-state index in [1.165, 1.54) is 0 Å². The third-order valence-electron chi connectivity index (χ3n) is 2.76. The molecule has 0 bridgehead atoms. The number of ether oxygens (including phenoxy) is 1. The van der Waals surface area contributed by atoms with Crippen LogP contribution in [0.3, 0.4) is 0 Å². The van der Waals surface area contributed by atoms with Crippen molar-refractivity contribution in [3.05, 3.63) is 11.9 Å². The van der Waals surface area contributed by atoms with Gasteiger partial charge in [-0.25, -0.2) is 9.97 Å². The molecule has 0 radical (unpaired) electrons. The van der Waals surface area contributed by atoms with Gasteiger partial charge in [-0.3, -0.25) is 0 Å². The molecule has 0 spiro atoms. The van der Waals surface area contributed by atoms with Crippen LogP contribution in [0.25, 0.3) is 0 Å². The minimum atomic E-state index is 0.104. The van der Waals surface area contributed by atoms with E-state index >= 15 is 0 Å². The lowest BCUT2D eigenvalue weighted by atomic mass is 10.3. The van der Waals surface area contributed by atoms with Crippen molar-refractivity contribution in [1.82, 2.24) is 9.97 Å². The van der Waals surface area contributed by atoms with Crippen LogP contribution in [0.4, 0.5) is 11.6 Å². The second kappa shape index (κ2) is 5.97. The Bertz CT molecular complexity index is 390. The van der Waals surface area contributed by atoms with Crippen LogP contribution in [0.15, 0.2) is 6.07 Å². The third kappa shape index (κ3) is 3.54. The molecule has 1 atom stereocenters. The van der Waals surface area contributed by atoms with Crippen LogP contribution in [-0.2, 0) is 4.74 Å². The third-order valence-corrected chi connectivity index (χ3v) is 2.76. The first-order valence-electron chi connectivity index (χ1n) is 6.33. The molecule has 100 valence electrons. The summed E-state index contributed by atoms with van der Waals surface area (Å²) < 4.78 is 5.34. The van der Waals surface area contributed by atoms with Gasteiger partial charge in [0, 0.05) is 31.7 Å². The molecule has 0 amide bonds.